The first kappa shape index (κ1) is 18.4. The smallest absolute Gasteiger partial charge is 0.416 e. The van der Waals surface area contributed by atoms with Crippen LogP contribution in [0.2, 0.25) is 0 Å². The molecule has 1 saturated heterocycles. The number of anilines is 1. The summed E-state index contributed by atoms with van der Waals surface area (Å²) in [4.78, 5) is 5.97. The van der Waals surface area contributed by atoms with Crippen molar-refractivity contribution >= 4 is 5.82 Å². The van der Waals surface area contributed by atoms with Gasteiger partial charge in [-0.05, 0) is 29.8 Å². The third-order valence-corrected chi connectivity index (χ3v) is 3.95. The zero-order chi connectivity index (χ0) is 18.7. The topological polar surface area (TPSA) is 34.6 Å². The van der Waals surface area contributed by atoms with Crippen LogP contribution in [0.1, 0.15) is 17.2 Å². The second kappa shape index (κ2) is 7.45. The van der Waals surface area contributed by atoms with Crippen LogP contribution < -0.4 is 9.64 Å². The maximum Gasteiger partial charge on any atom is 0.416 e. The summed E-state index contributed by atoms with van der Waals surface area (Å²) in [6, 6.07) is 7.76. The predicted molar refractivity (Wildman–Crippen MR) is 83.2 cm³/mol. The Morgan fingerprint density at radius 1 is 1.12 bits per heavy atom. The van der Waals surface area contributed by atoms with Gasteiger partial charge in [-0.15, -0.1) is 0 Å². The predicted octanol–water partition coefficient (Wildman–Crippen LogP) is 4.28. The molecule has 9 heteroatoms. The molecule has 1 aliphatic rings. The van der Waals surface area contributed by atoms with E-state index in [0.717, 1.165) is 12.1 Å². The number of pyridine rings is 1. The van der Waals surface area contributed by atoms with E-state index in [9.17, 15) is 22.0 Å². The number of alkyl halides is 5. The van der Waals surface area contributed by atoms with Crippen LogP contribution in [0.4, 0.5) is 27.8 Å². The fourth-order valence-corrected chi connectivity index (χ4v) is 2.68. The normalized spacial score (nSPS) is 18.2. The van der Waals surface area contributed by atoms with Gasteiger partial charge in [0.1, 0.15) is 17.7 Å². The average Bonchev–Trinajstić information content (AvgIpc) is 2.61. The van der Waals surface area contributed by atoms with Crippen LogP contribution in [0.25, 0.3) is 0 Å². The van der Waals surface area contributed by atoms with E-state index < -0.39 is 24.5 Å². The zero-order valence-electron chi connectivity index (χ0n) is 13.4. The third kappa shape index (κ3) is 4.40. The largest absolute Gasteiger partial charge is 0.433 e. The number of ether oxygens (including phenoxy) is 2. The lowest BCUT2D eigenvalue weighted by molar-refractivity contribution is -0.137. The highest BCUT2D eigenvalue weighted by atomic mass is 19.4. The first-order chi connectivity index (χ1) is 12.3. The van der Waals surface area contributed by atoms with Gasteiger partial charge in [0.15, 0.2) is 0 Å². The summed E-state index contributed by atoms with van der Waals surface area (Å²) in [7, 11) is 0. The van der Waals surface area contributed by atoms with Gasteiger partial charge in [0, 0.05) is 13.1 Å². The number of aromatic nitrogens is 1. The molecule has 0 radical (unpaired) electrons. The van der Waals surface area contributed by atoms with Gasteiger partial charge in [-0.3, -0.25) is 0 Å². The molecule has 1 atom stereocenters. The Labute approximate surface area is 146 Å². The van der Waals surface area contributed by atoms with Crippen molar-refractivity contribution in [1.82, 2.24) is 4.98 Å². The summed E-state index contributed by atoms with van der Waals surface area (Å²) >= 11 is 0. The van der Waals surface area contributed by atoms with Gasteiger partial charge in [-0.25, -0.2) is 4.98 Å². The molecule has 4 nitrogen and oxygen atoms in total. The number of nitrogens with zero attached hydrogens (tertiary/aromatic N) is 2. The lowest BCUT2D eigenvalue weighted by atomic mass is 10.1. The molecule has 1 aromatic carbocycles. The molecule has 3 rings (SSSR count). The van der Waals surface area contributed by atoms with E-state index in [1.807, 2.05) is 4.90 Å². The summed E-state index contributed by atoms with van der Waals surface area (Å²) in [5.74, 6) is 0.503. The van der Waals surface area contributed by atoms with Crippen LogP contribution in [0.5, 0.6) is 5.75 Å². The summed E-state index contributed by atoms with van der Waals surface area (Å²) in [5.41, 5.74) is -0.0921. The van der Waals surface area contributed by atoms with Gasteiger partial charge in [-0.1, -0.05) is 12.1 Å². The molecule has 0 saturated carbocycles. The molecule has 0 bridgehead atoms. The van der Waals surface area contributed by atoms with Gasteiger partial charge < -0.3 is 14.4 Å². The Morgan fingerprint density at radius 2 is 1.85 bits per heavy atom. The highest BCUT2D eigenvalue weighted by molar-refractivity contribution is 5.42. The van der Waals surface area contributed by atoms with E-state index in [4.69, 9.17) is 4.74 Å². The minimum atomic E-state index is -4.38. The molecule has 0 amide bonds. The molecule has 1 aliphatic heterocycles. The van der Waals surface area contributed by atoms with E-state index in [2.05, 4.69) is 9.72 Å². The maximum absolute atomic E-state index is 12.7. The van der Waals surface area contributed by atoms with Crippen molar-refractivity contribution in [2.24, 2.45) is 0 Å². The maximum atomic E-state index is 12.7. The molecule has 2 aromatic rings. The highest BCUT2D eigenvalue weighted by Gasteiger charge is 2.31. The van der Waals surface area contributed by atoms with E-state index in [1.54, 1.807) is 6.07 Å². The van der Waals surface area contributed by atoms with Crippen molar-refractivity contribution in [3.8, 4) is 5.75 Å². The van der Waals surface area contributed by atoms with Crippen LogP contribution in [0.3, 0.4) is 0 Å². The third-order valence-electron chi connectivity index (χ3n) is 3.95. The number of morpholine rings is 1. The fourth-order valence-electron chi connectivity index (χ4n) is 2.68. The first-order valence-corrected chi connectivity index (χ1v) is 7.77. The Kier molecular flexibility index (Phi) is 5.26. The Morgan fingerprint density at radius 3 is 2.42 bits per heavy atom. The number of hydrogen-bond donors (Lipinski definition) is 0. The van der Waals surface area contributed by atoms with E-state index in [0.29, 0.717) is 31.1 Å². The monoisotopic (exact) mass is 374 g/mol. The van der Waals surface area contributed by atoms with Gasteiger partial charge in [0.2, 0.25) is 0 Å². The minimum absolute atomic E-state index is 0.0451. The van der Waals surface area contributed by atoms with Gasteiger partial charge in [0.25, 0.3) is 0 Å². The molecule has 1 aromatic heterocycles. The number of rotatable bonds is 4. The fraction of sp³-hybridized carbons (Fsp3) is 0.353. The molecule has 2 heterocycles. The molecule has 0 spiro atoms. The van der Waals surface area contributed by atoms with Crippen LogP contribution >= 0.6 is 0 Å². The molecule has 26 heavy (non-hydrogen) atoms. The number of halogens is 5. The van der Waals surface area contributed by atoms with Crippen LogP contribution in [-0.2, 0) is 10.9 Å². The Balaban J connectivity index is 1.69. The molecule has 0 aliphatic carbocycles. The quantitative estimate of drug-likeness (QED) is 0.749. The number of hydrogen-bond acceptors (Lipinski definition) is 4. The first-order valence-electron chi connectivity index (χ1n) is 7.77. The lowest BCUT2D eigenvalue weighted by Crippen LogP contribution is -2.38. The summed E-state index contributed by atoms with van der Waals surface area (Å²) in [6.07, 6.45) is -3.60. The van der Waals surface area contributed by atoms with Crippen molar-refractivity contribution < 1.29 is 31.4 Å². The molecule has 140 valence electrons. The van der Waals surface area contributed by atoms with Crippen molar-refractivity contribution in [2.75, 3.05) is 24.6 Å². The second-order valence-electron chi connectivity index (χ2n) is 5.66. The van der Waals surface area contributed by atoms with E-state index >= 15 is 0 Å². The van der Waals surface area contributed by atoms with Gasteiger partial charge >= 0.3 is 12.8 Å². The summed E-state index contributed by atoms with van der Waals surface area (Å²) in [6.45, 7) is -1.65. The highest BCUT2D eigenvalue weighted by Crippen LogP contribution is 2.31. The average molecular weight is 374 g/mol. The van der Waals surface area contributed by atoms with Crippen molar-refractivity contribution in [2.45, 2.75) is 18.9 Å². The summed E-state index contributed by atoms with van der Waals surface area (Å²) in [5, 5.41) is 0. The molecule has 0 N–H and O–H groups in total. The molecule has 1 unspecified atom stereocenters. The van der Waals surface area contributed by atoms with Crippen LogP contribution in [0, 0.1) is 0 Å². The van der Waals surface area contributed by atoms with Crippen molar-refractivity contribution in [3.63, 3.8) is 0 Å². The van der Waals surface area contributed by atoms with Gasteiger partial charge in [0.05, 0.1) is 18.4 Å². The van der Waals surface area contributed by atoms with Crippen molar-refractivity contribution in [3.05, 3.63) is 53.7 Å². The Hall–Kier alpha value is -2.42. The van der Waals surface area contributed by atoms with Gasteiger partial charge in [-0.2, -0.15) is 22.0 Å². The summed E-state index contributed by atoms with van der Waals surface area (Å²) < 4.78 is 72.2. The molecule has 1 fully saturated rings. The molecular formula is C17H15F5N2O2. The number of benzene rings is 1. The van der Waals surface area contributed by atoms with Crippen molar-refractivity contribution in [1.29, 1.82) is 0 Å². The molecular weight excluding hydrogens is 359 g/mol. The van der Waals surface area contributed by atoms with E-state index in [-0.39, 0.29) is 5.75 Å². The minimum Gasteiger partial charge on any atom is -0.433 e. The standard InChI is InChI=1S/C17H15F5N2O2/c18-16(19)26-13-5-6-15(23-9-13)24-7-8-25-14(10-24)11-1-3-12(4-2-11)17(20,21)22/h1-6,9,14,16H,7-8,10H2. The van der Waals surface area contributed by atoms with Crippen LogP contribution in [-0.4, -0.2) is 31.3 Å². The zero-order valence-corrected chi connectivity index (χ0v) is 13.4. The Bertz CT molecular complexity index is 719. The van der Waals surface area contributed by atoms with Crippen LogP contribution in [0.15, 0.2) is 42.6 Å². The lowest BCUT2D eigenvalue weighted by Gasteiger charge is -2.34. The SMILES string of the molecule is FC(F)Oc1ccc(N2CCOC(c3ccc(C(F)(F)F)cc3)C2)nc1. The van der Waals surface area contributed by atoms with E-state index in [1.165, 1.54) is 24.4 Å². The second-order valence-corrected chi connectivity index (χ2v) is 5.66.